The average Bonchev–Trinajstić information content (AvgIpc) is 3.23. The Morgan fingerprint density at radius 3 is 2.72 bits per heavy atom. The van der Waals surface area contributed by atoms with Crippen molar-refractivity contribution in [3.63, 3.8) is 0 Å². The van der Waals surface area contributed by atoms with Crippen LogP contribution in [0, 0.1) is 12.7 Å². The summed E-state index contributed by atoms with van der Waals surface area (Å²) in [5.41, 5.74) is 3.71. The van der Waals surface area contributed by atoms with Crippen molar-refractivity contribution in [3.05, 3.63) is 71.3 Å². The Bertz CT molecular complexity index is 1420. The molecule has 0 unspecified atom stereocenters. The molecule has 0 saturated heterocycles. The lowest BCUT2D eigenvalue weighted by Gasteiger charge is -2.25. The van der Waals surface area contributed by atoms with Gasteiger partial charge in [0.05, 0.1) is 31.3 Å². The van der Waals surface area contributed by atoms with Gasteiger partial charge in [-0.2, -0.15) is 14.9 Å². The molecule has 184 valence electrons. The van der Waals surface area contributed by atoms with Crippen LogP contribution in [0.1, 0.15) is 42.5 Å². The van der Waals surface area contributed by atoms with Crippen LogP contribution >= 0.6 is 0 Å². The van der Waals surface area contributed by atoms with Crippen molar-refractivity contribution >= 4 is 11.7 Å². The third kappa shape index (κ3) is 4.37. The number of fused-ring (bicyclic) bond motifs is 1. The van der Waals surface area contributed by atoms with E-state index in [1.807, 2.05) is 32.0 Å². The monoisotopic (exact) mass is 488 g/mol. The van der Waals surface area contributed by atoms with Crippen LogP contribution in [0.25, 0.3) is 17.2 Å². The summed E-state index contributed by atoms with van der Waals surface area (Å²) in [5, 5.41) is 15.8. The summed E-state index contributed by atoms with van der Waals surface area (Å²) in [6.07, 6.45) is 2.64. The molecule has 0 fully saturated rings. The van der Waals surface area contributed by atoms with Gasteiger partial charge in [-0.25, -0.2) is 9.37 Å². The summed E-state index contributed by atoms with van der Waals surface area (Å²) in [6.45, 7) is 4.51. The number of hydrogen-bond donors (Lipinski definition) is 1. The van der Waals surface area contributed by atoms with E-state index in [1.165, 1.54) is 23.0 Å². The van der Waals surface area contributed by atoms with Crippen LogP contribution in [-0.4, -0.2) is 44.6 Å². The van der Waals surface area contributed by atoms with Crippen LogP contribution in [0.3, 0.4) is 0 Å². The third-order valence-electron chi connectivity index (χ3n) is 6.03. The summed E-state index contributed by atoms with van der Waals surface area (Å²) in [5.74, 6) is 1.23. The molecule has 36 heavy (non-hydrogen) atoms. The molecule has 0 aliphatic carbocycles. The Morgan fingerprint density at radius 2 is 1.97 bits per heavy atom. The molecule has 0 saturated carbocycles. The van der Waals surface area contributed by atoms with Crippen molar-refractivity contribution in [1.29, 1.82) is 0 Å². The molecule has 4 aromatic rings. The van der Waals surface area contributed by atoms with Gasteiger partial charge in [0, 0.05) is 23.5 Å². The standard InChI is InChI=1S/C26H25FN6O3/c1-4-11-36-21-10-7-17(12-22(21)35-3)19-13-23(34)30-25-24(19)15(2)32-33(25)26-29-20(14-28-31-26)16-5-8-18(27)9-6-16/h5-10,12,14,19H,4,11,13H2,1-3H3,(H,30,34)/t19-/m0/s1. The highest BCUT2D eigenvalue weighted by Crippen LogP contribution is 2.42. The highest BCUT2D eigenvalue weighted by molar-refractivity contribution is 5.95. The van der Waals surface area contributed by atoms with Gasteiger partial charge in [-0.05, 0) is 55.3 Å². The maximum atomic E-state index is 13.4. The van der Waals surface area contributed by atoms with Crippen LogP contribution in [0.4, 0.5) is 10.2 Å². The first-order chi connectivity index (χ1) is 17.5. The molecule has 0 spiro atoms. The largest absolute Gasteiger partial charge is 0.493 e. The third-order valence-corrected chi connectivity index (χ3v) is 6.03. The summed E-state index contributed by atoms with van der Waals surface area (Å²) in [6, 6.07) is 11.7. The van der Waals surface area contributed by atoms with Crippen LogP contribution < -0.4 is 14.8 Å². The number of nitrogens with zero attached hydrogens (tertiary/aromatic N) is 5. The first-order valence-corrected chi connectivity index (χ1v) is 11.6. The van der Waals surface area contributed by atoms with Gasteiger partial charge in [-0.3, -0.25) is 4.79 Å². The van der Waals surface area contributed by atoms with E-state index >= 15 is 0 Å². The number of halogens is 1. The van der Waals surface area contributed by atoms with Gasteiger partial charge < -0.3 is 14.8 Å². The Labute approximate surface area is 207 Å². The second kappa shape index (κ2) is 9.73. The molecule has 3 heterocycles. The van der Waals surface area contributed by atoms with Crippen LogP contribution in [0.5, 0.6) is 11.5 Å². The second-order valence-corrected chi connectivity index (χ2v) is 8.47. The lowest BCUT2D eigenvalue weighted by Crippen LogP contribution is -2.25. The van der Waals surface area contributed by atoms with Crippen molar-refractivity contribution in [1.82, 2.24) is 25.0 Å². The fraction of sp³-hybridized carbons (Fsp3) is 0.269. The van der Waals surface area contributed by atoms with E-state index < -0.39 is 0 Å². The number of hydrogen-bond acceptors (Lipinski definition) is 7. The Hall–Kier alpha value is -4.34. The molecule has 5 rings (SSSR count). The van der Waals surface area contributed by atoms with Crippen molar-refractivity contribution < 1.29 is 18.7 Å². The summed E-state index contributed by atoms with van der Waals surface area (Å²) in [4.78, 5) is 17.4. The zero-order valence-corrected chi connectivity index (χ0v) is 20.2. The predicted molar refractivity (Wildman–Crippen MR) is 131 cm³/mol. The number of benzene rings is 2. The van der Waals surface area contributed by atoms with E-state index in [4.69, 9.17) is 9.47 Å². The summed E-state index contributed by atoms with van der Waals surface area (Å²) >= 11 is 0. The van der Waals surface area contributed by atoms with E-state index in [0.29, 0.717) is 35.2 Å². The minimum atomic E-state index is -0.340. The molecular weight excluding hydrogens is 463 g/mol. The quantitative estimate of drug-likeness (QED) is 0.410. The molecule has 1 N–H and O–H groups in total. The Balaban J connectivity index is 1.55. The van der Waals surface area contributed by atoms with E-state index in [1.54, 1.807) is 19.2 Å². The van der Waals surface area contributed by atoms with Crippen molar-refractivity contribution in [2.45, 2.75) is 32.6 Å². The van der Waals surface area contributed by atoms with Crippen molar-refractivity contribution in [2.75, 3.05) is 19.0 Å². The predicted octanol–water partition coefficient (Wildman–Crippen LogP) is 4.44. The molecule has 1 aliphatic rings. The van der Waals surface area contributed by atoms with E-state index in [-0.39, 0.29) is 30.0 Å². The van der Waals surface area contributed by atoms with Gasteiger partial charge in [-0.1, -0.05) is 13.0 Å². The lowest BCUT2D eigenvalue weighted by atomic mass is 9.85. The first-order valence-electron chi connectivity index (χ1n) is 11.6. The Morgan fingerprint density at radius 1 is 1.17 bits per heavy atom. The van der Waals surface area contributed by atoms with Crippen molar-refractivity contribution in [3.8, 4) is 28.7 Å². The van der Waals surface area contributed by atoms with Crippen LogP contribution in [-0.2, 0) is 4.79 Å². The van der Waals surface area contributed by atoms with E-state index in [2.05, 4.69) is 25.6 Å². The molecule has 2 aromatic heterocycles. The molecule has 2 aromatic carbocycles. The number of carbonyl (C=O) groups is 1. The van der Waals surface area contributed by atoms with Crippen LogP contribution in [0.2, 0.25) is 0 Å². The fourth-order valence-electron chi connectivity index (χ4n) is 4.35. The van der Waals surface area contributed by atoms with E-state index in [9.17, 15) is 9.18 Å². The fourth-order valence-corrected chi connectivity index (χ4v) is 4.35. The topological polar surface area (TPSA) is 104 Å². The molecular formula is C26H25FN6O3. The van der Waals surface area contributed by atoms with Gasteiger partial charge in [-0.15, -0.1) is 5.10 Å². The molecule has 1 amide bonds. The number of anilines is 1. The van der Waals surface area contributed by atoms with Gasteiger partial charge >= 0.3 is 0 Å². The molecule has 1 atom stereocenters. The number of amides is 1. The number of methoxy groups -OCH3 is 1. The molecule has 10 heteroatoms. The van der Waals surface area contributed by atoms with Gasteiger partial charge in [0.25, 0.3) is 5.95 Å². The maximum Gasteiger partial charge on any atom is 0.272 e. The number of aromatic nitrogens is 5. The van der Waals surface area contributed by atoms with E-state index in [0.717, 1.165) is 23.2 Å². The zero-order valence-electron chi connectivity index (χ0n) is 20.2. The van der Waals surface area contributed by atoms with Crippen LogP contribution in [0.15, 0.2) is 48.7 Å². The molecule has 9 nitrogen and oxygen atoms in total. The van der Waals surface area contributed by atoms with Crippen molar-refractivity contribution in [2.24, 2.45) is 0 Å². The lowest BCUT2D eigenvalue weighted by molar-refractivity contribution is -0.116. The molecule has 1 aliphatic heterocycles. The number of ether oxygens (including phenoxy) is 2. The number of carbonyl (C=O) groups excluding carboxylic acids is 1. The molecule has 0 radical (unpaired) electrons. The summed E-state index contributed by atoms with van der Waals surface area (Å²) in [7, 11) is 1.60. The average molecular weight is 489 g/mol. The zero-order chi connectivity index (χ0) is 25.2. The first kappa shape index (κ1) is 23.4. The van der Waals surface area contributed by atoms with Gasteiger partial charge in [0.2, 0.25) is 5.91 Å². The van der Waals surface area contributed by atoms with Gasteiger partial charge in [0.15, 0.2) is 11.5 Å². The number of rotatable bonds is 7. The maximum absolute atomic E-state index is 13.4. The molecule has 0 bridgehead atoms. The highest BCUT2D eigenvalue weighted by atomic mass is 19.1. The summed E-state index contributed by atoms with van der Waals surface area (Å²) < 4.78 is 26.2. The second-order valence-electron chi connectivity index (χ2n) is 8.47. The number of aryl methyl sites for hydroxylation is 1. The SMILES string of the molecule is CCCOc1ccc([C@@H]2CC(=O)Nc3c2c(C)nn3-c2nncc(-c3ccc(F)cc3)n2)cc1OC. The Kier molecular flexibility index (Phi) is 6.32. The minimum Gasteiger partial charge on any atom is -0.493 e. The minimum absolute atomic E-state index is 0.151. The normalized spacial score (nSPS) is 14.8. The number of nitrogens with one attached hydrogen (secondary N) is 1. The smallest absolute Gasteiger partial charge is 0.272 e. The van der Waals surface area contributed by atoms with Gasteiger partial charge in [0.1, 0.15) is 11.6 Å². The highest BCUT2D eigenvalue weighted by Gasteiger charge is 2.33.